The van der Waals surface area contributed by atoms with Crippen LogP contribution in [-0.4, -0.2) is 21.0 Å². The third-order valence-corrected chi connectivity index (χ3v) is 5.22. The third-order valence-electron chi connectivity index (χ3n) is 3.82. The van der Waals surface area contributed by atoms with E-state index in [2.05, 4.69) is 4.72 Å². The van der Waals surface area contributed by atoms with E-state index in [4.69, 9.17) is 9.15 Å². The van der Waals surface area contributed by atoms with Crippen LogP contribution in [0.2, 0.25) is 0 Å². The van der Waals surface area contributed by atoms with Crippen LogP contribution >= 0.6 is 0 Å². The van der Waals surface area contributed by atoms with E-state index < -0.39 is 16.0 Å². The topological polar surface area (TPSA) is 85.6 Å². The molecule has 1 N–H and O–H groups in total. The van der Waals surface area contributed by atoms with Crippen LogP contribution in [0, 0.1) is 0 Å². The summed E-state index contributed by atoms with van der Waals surface area (Å²) in [4.78, 5) is 12.2. The van der Waals surface area contributed by atoms with Gasteiger partial charge in [-0.2, -0.15) is 0 Å². The summed E-state index contributed by atoms with van der Waals surface area (Å²) in [6, 6.07) is 18.7. The van der Waals surface area contributed by atoms with Crippen molar-refractivity contribution >= 4 is 22.1 Å². The minimum absolute atomic E-state index is 0.0201. The van der Waals surface area contributed by atoms with Crippen LogP contribution in [-0.2, 0) is 21.3 Å². The summed E-state index contributed by atoms with van der Waals surface area (Å²) in [5.41, 5.74) is 1.16. The fraction of sp³-hybridized carbons (Fsp3) is 0.0952. The van der Waals surface area contributed by atoms with E-state index in [1.165, 1.54) is 30.5 Å². The van der Waals surface area contributed by atoms with Gasteiger partial charge in [0.05, 0.1) is 23.3 Å². The summed E-state index contributed by atoms with van der Waals surface area (Å²) >= 11 is 0. The van der Waals surface area contributed by atoms with Crippen molar-refractivity contribution < 1.29 is 22.4 Å². The minimum atomic E-state index is -3.79. The average Bonchev–Trinajstić information content (AvgIpc) is 3.24. The maximum Gasteiger partial charge on any atom is 0.338 e. The van der Waals surface area contributed by atoms with Gasteiger partial charge in [0.1, 0.15) is 12.4 Å². The van der Waals surface area contributed by atoms with Gasteiger partial charge in [-0.15, -0.1) is 0 Å². The number of sulfonamides is 1. The van der Waals surface area contributed by atoms with E-state index in [1.807, 2.05) is 36.4 Å². The van der Waals surface area contributed by atoms with Crippen LogP contribution in [0.5, 0.6) is 0 Å². The van der Waals surface area contributed by atoms with Gasteiger partial charge in [0.2, 0.25) is 10.0 Å². The first-order valence-electron chi connectivity index (χ1n) is 8.55. The van der Waals surface area contributed by atoms with Crippen molar-refractivity contribution in [3.05, 3.63) is 96.0 Å². The third kappa shape index (κ3) is 5.42. The molecule has 0 unspecified atom stereocenters. The zero-order valence-electron chi connectivity index (χ0n) is 14.9. The van der Waals surface area contributed by atoms with E-state index >= 15 is 0 Å². The second kappa shape index (κ2) is 9.16. The molecule has 2 aromatic carbocycles. The van der Waals surface area contributed by atoms with Crippen molar-refractivity contribution in [3.63, 3.8) is 0 Å². The van der Waals surface area contributed by atoms with Gasteiger partial charge in [-0.1, -0.05) is 42.5 Å². The Kier molecular flexibility index (Phi) is 6.41. The molecule has 0 aliphatic rings. The molecule has 0 amide bonds. The highest BCUT2D eigenvalue weighted by molar-refractivity contribution is 7.89. The quantitative estimate of drug-likeness (QED) is 0.587. The van der Waals surface area contributed by atoms with Gasteiger partial charge in [-0.05, 0) is 42.0 Å². The molecule has 3 rings (SSSR count). The van der Waals surface area contributed by atoms with Crippen LogP contribution in [0.15, 0.2) is 88.4 Å². The van der Waals surface area contributed by atoms with E-state index in [0.717, 1.165) is 5.56 Å². The SMILES string of the molecule is O=C(OCC=Cc1ccccc1)c1cccc(S(=O)(=O)NCc2ccco2)c1. The maximum absolute atomic E-state index is 12.4. The lowest BCUT2D eigenvalue weighted by Gasteiger charge is -2.07. The van der Waals surface area contributed by atoms with Crippen molar-refractivity contribution in [2.45, 2.75) is 11.4 Å². The van der Waals surface area contributed by atoms with E-state index in [-0.39, 0.29) is 23.6 Å². The number of ether oxygens (including phenoxy) is 1. The Balaban J connectivity index is 1.60. The molecule has 0 aliphatic heterocycles. The lowest BCUT2D eigenvalue weighted by atomic mass is 10.2. The molecule has 0 saturated carbocycles. The minimum Gasteiger partial charge on any atom is -0.468 e. The van der Waals surface area contributed by atoms with E-state index in [0.29, 0.717) is 5.76 Å². The summed E-state index contributed by atoms with van der Waals surface area (Å²) < 4.78 is 37.5. The average molecular weight is 397 g/mol. The second-order valence-corrected chi connectivity index (χ2v) is 7.61. The van der Waals surface area contributed by atoms with Gasteiger partial charge in [0.15, 0.2) is 0 Å². The highest BCUT2D eigenvalue weighted by atomic mass is 32.2. The fourth-order valence-corrected chi connectivity index (χ4v) is 3.45. The molecule has 0 aliphatic carbocycles. The fourth-order valence-electron chi connectivity index (χ4n) is 2.41. The molecule has 28 heavy (non-hydrogen) atoms. The van der Waals surface area contributed by atoms with Gasteiger partial charge < -0.3 is 9.15 Å². The Hall–Kier alpha value is -3.16. The number of hydrogen-bond donors (Lipinski definition) is 1. The predicted octanol–water partition coefficient (Wildman–Crippen LogP) is 3.63. The largest absolute Gasteiger partial charge is 0.468 e. The number of carbonyl (C=O) groups excluding carboxylic acids is 1. The first-order valence-corrected chi connectivity index (χ1v) is 10.0. The Morgan fingerprint density at radius 2 is 1.86 bits per heavy atom. The number of benzene rings is 2. The van der Waals surface area contributed by atoms with Crippen molar-refractivity contribution in [1.29, 1.82) is 0 Å². The number of esters is 1. The monoisotopic (exact) mass is 397 g/mol. The smallest absolute Gasteiger partial charge is 0.338 e. The molecule has 6 nitrogen and oxygen atoms in total. The normalized spacial score (nSPS) is 11.6. The molecule has 0 bridgehead atoms. The summed E-state index contributed by atoms with van der Waals surface area (Å²) in [5.74, 6) is -0.106. The lowest BCUT2D eigenvalue weighted by molar-refractivity contribution is 0.0550. The van der Waals surface area contributed by atoms with Gasteiger partial charge in [0, 0.05) is 0 Å². The number of carbonyl (C=O) groups is 1. The molecule has 0 atom stereocenters. The van der Waals surface area contributed by atoms with Crippen molar-refractivity contribution in [1.82, 2.24) is 4.72 Å². The Morgan fingerprint density at radius 1 is 1.04 bits per heavy atom. The molecule has 3 aromatic rings. The molecule has 1 aromatic heterocycles. The van der Waals surface area contributed by atoms with Crippen molar-refractivity contribution in [2.75, 3.05) is 6.61 Å². The van der Waals surface area contributed by atoms with Gasteiger partial charge in [-0.25, -0.2) is 17.9 Å². The first-order chi connectivity index (χ1) is 13.5. The van der Waals surface area contributed by atoms with E-state index in [9.17, 15) is 13.2 Å². The van der Waals surface area contributed by atoms with Crippen LogP contribution in [0.25, 0.3) is 6.08 Å². The lowest BCUT2D eigenvalue weighted by Crippen LogP contribution is -2.23. The molecule has 0 saturated heterocycles. The molecule has 0 radical (unpaired) electrons. The molecule has 1 heterocycles. The van der Waals surface area contributed by atoms with Crippen molar-refractivity contribution in [3.8, 4) is 0 Å². The highest BCUT2D eigenvalue weighted by Crippen LogP contribution is 2.13. The van der Waals surface area contributed by atoms with Crippen LogP contribution in [0.1, 0.15) is 21.7 Å². The molecule has 0 spiro atoms. The van der Waals surface area contributed by atoms with Gasteiger partial charge >= 0.3 is 5.97 Å². The molecule has 0 fully saturated rings. The second-order valence-electron chi connectivity index (χ2n) is 5.84. The summed E-state index contributed by atoms with van der Waals surface area (Å²) in [6.07, 6.45) is 5.03. The van der Waals surface area contributed by atoms with E-state index in [1.54, 1.807) is 18.2 Å². The van der Waals surface area contributed by atoms with Crippen molar-refractivity contribution in [2.24, 2.45) is 0 Å². The number of hydrogen-bond acceptors (Lipinski definition) is 5. The summed E-state index contributed by atoms with van der Waals surface area (Å²) in [5, 5.41) is 0. The Bertz CT molecular complexity index is 1040. The number of furan rings is 1. The summed E-state index contributed by atoms with van der Waals surface area (Å²) in [6.45, 7) is 0.107. The standard InChI is InChI=1S/C21H19NO5S/c23-21(27-14-5-9-17-7-2-1-3-8-17)18-10-4-12-20(15-18)28(24,25)22-16-19-11-6-13-26-19/h1-13,15,22H,14,16H2. The number of rotatable bonds is 8. The Labute approximate surface area is 163 Å². The highest BCUT2D eigenvalue weighted by Gasteiger charge is 2.17. The Morgan fingerprint density at radius 3 is 2.61 bits per heavy atom. The van der Waals surface area contributed by atoms with Crippen LogP contribution < -0.4 is 4.72 Å². The zero-order chi connectivity index (χ0) is 19.8. The van der Waals surface area contributed by atoms with Gasteiger partial charge in [-0.3, -0.25) is 0 Å². The zero-order valence-corrected chi connectivity index (χ0v) is 15.8. The molecule has 144 valence electrons. The number of nitrogens with one attached hydrogen (secondary N) is 1. The molecular weight excluding hydrogens is 378 g/mol. The molecule has 7 heteroatoms. The molecular formula is C21H19NO5S. The first kappa shape index (κ1) is 19.6. The van der Waals surface area contributed by atoms with Gasteiger partial charge in [0.25, 0.3) is 0 Å². The van der Waals surface area contributed by atoms with Crippen LogP contribution in [0.3, 0.4) is 0 Å². The predicted molar refractivity (Wildman–Crippen MR) is 105 cm³/mol. The maximum atomic E-state index is 12.4. The van der Waals surface area contributed by atoms with Crippen LogP contribution in [0.4, 0.5) is 0 Å². The summed E-state index contributed by atoms with van der Waals surface area (Å²) in [7, 11) is -3.79.